The van der Waals surface area contributed by atoms with E-state index in [0.29, 0.717) is 0 Å². The molecule has 0 aromatic carbocycles. The molecule has 0 aliphatic carbocycles. The third-order valence-electron chi connectivity index (χ3n) is 3.30. The van der Waals surface area contributed by atoms with Crippen LogP contribution in [0, 0.1) is 6.92 Å². The minimum atomic E-state index is 0.125. The number of pyridine rings is 1. The topological polar surface area (TPSA) is 37.8 Å². The lowest BCUT2D eigenvalue weighted by Gasteiger charge is -2.20. The zero-order valence-corrected chi connectivity index (χ0v) is 14.5. The molecule has 0 unspecified atom stereocenters. The molecular formula is C17H25N3S. The first-order chi connectivity index (χ1) is 9.90. The van der Waals surface area contributed by atoms with E-state index in [1.165, 1.54) is 21.7 Å². The summed E-state index contributed by atoms with van der Waals surface area (Å²) in [5.41, 5.74) is 3.75. The predicted molar refractivity (Wildman–Crippen MR) is 90.7 cm³/mol. The van der Waals surface area contributed by atoms with Crippen molar-refractivity contribution in [1.82, 2.24) is 15.3 Å². The normalized spacial score (nSPS) is 11.9. The van der Waals surface area contributed by atoms with E-state index in [0.717, 1.165) is 24.4 Å². The largest absolute Gasteiger partial charge is 0.307 e. The van der Waals surface area contributed by atoms with Gasteiger partial charge in [-0.05, 0) is 45.7 Å². The van der Waals surface area contributed by atoms with Gasteiger partial charge in [-0.2, -0.15) is 0 Å². The Morgan fingerprint density at radius 3 is 2.67 bits per heavy atom. The van der Waals surface area contributed by atoms with E-state index in [2.05, 4.69) is 51.0 Å². The van der Waals surface area contributed by atoms with Crippen LogP contribution in [0.4, 0.5) is 0 Å². The number of thiazole rings is 1. The van der Waals surface area contributed by atoms with Crippen molar-refractivity contribution in [2.24, 2.45) is 0 Å². The van der Waals surface area contributed by atoms with Gasteiger partial charge >= 0.3 is 0 Å². The van der Waals surface area contributed by atoms with Crippen LogP contribution in [0.5, 0.6) is 0 Å². The van der Waals surface area contributed by atoms with Crippen molar-refractivity contribution in [2.75, 3.05) is 0 Å². The Bertz CT molecular complexity index is 596. The molecule has 4 heteroatoms. The molecule has 2 rings (SSSR count). The average Bonchev–Trinajstić information content (AvgIpc) is 2.80. The Balaban J connectivity index is 2.30. The van der Waals surface area contributed by atoms with Crippen molar-refractivity contribution >= 4 is 11.3 Å². The quantitative estimate of drug-likeness (QED) is 0.892. The fraction of sp³-hybridized carbons (Fsp3) is 0.529. The molecule has 2 aromatic heterocycles. The molecule has 2 heterocycles. The number of hydrogen-bond acceptors (Lipinski definition) is 4. The summed E-state index contributed by atoms with van der Waals surface area (Å²) < 4.78 is 0. The lowest BCUT2D eigenvalue weighted by molar-refractivity contribution is 0.425. The first-order valence-corrected chi connectivity index (χ1v) is 8.37. The zero-order chi connectivity index (χ0) is 15.5. The maximum Gasteiger partial charge on any atom is 0.124 e. The smallest absolute Gasteiger partial charge is 0.124 e. The summed E-state index contributed by atoms with van der Waals surface area (Å²) in [6.07, 6.45) is 5.92. The van der Waals surface area contributed by atoms with E-state index in [-0.39, 0.29) is 5.54 Å². The lowest BCUT2D eigenvalue weighted by Crippen LogP contribution is -2.35. The fourth-order valence-corrected chi connectivity index (χ4v) is 3.27. The van der Waals surface area contributed by atoms with Gasteiger partial charge < -0.3 is 5.32 Å². The van der Waals surface area contributed by atoms with E-state index in [1.807, 2.05) is 12.4 Å². The van der Waals surface area contributed by atoms with Crippen LogP contribution in [-0.2, 0) is 13.0 Å². The van der Waals surface area contributed by atoms with Crippen molar-refractivity contribution in [3.63, 3.8) is 0 Å². The van der Waals surface area contributed by atoms with E-state index in [4.69, 9.17) is 4.98 Å². The molecule has 1 N–H and O–H groups in total. The van der Waals surface area contributed by atoms with E-state index >= 15 is 0 Å². The molecule has 0 aliphatic heterocycles. The maximum atomic E-state index is 4.88. The van der Waals surface area contributed by atoms with Gasteiger partial charge in [-0.3, -0.25) is 4.98 Å². The van der Waals surface area contributed by atoms with Crippen LogP contribution in [0.25, 0.3) is 10.6 Å². The van der Waals surface area contributed by atoms with E-state index in [9.17, 15) is 0 Å². The molecule has 114 valence electrons. The van der Waals surface area contributed by atoms with Gasteiger partial charge in [0.15, 0.2) is 0 Å². The van der Waals surface area contributed by atoms with Crippen molar-refractivity contribution in [3.8, 4) is 10.6 Å². The van der Waals surface area contributed by atoms with Gasteiger partial charge in [-0.25, -0.2) is 4.98 Å². The second-order valence-electron chi connectivity index (χ2n) is 6.43. The Hall–Kier alpha value is -1.26. The highest BCUT2D eigenvalue weighted by molar-refractivity contribution is 7.15. The number of rotatable bonds is 5. The summed E-state index contributed by atoms with van der Waals surface area (Å²) in [6, 6.07) is 2.06. The lowest BCUT2D eigenvalue weighted by atomic mass is 10.1. The van der Waals surface area contributed by atoms with Crippen LogP contribution in [0.15, 0.2) is 18.5 Å². The van der Waals surface area contributed by atoms with Gasteiger partial charge in [0.1, 0.15) is 5.01 Å². The minimum absolute atomic E-state index is 0.125. The predicted octanol–water partition coefficient (Wildman–Crippen LogP) is 4.35. The van der Waals surface area contributed by atoms with Gasteiger partial charge in [0.25, 0.3) is 0 Å². The Kier molecular flexibility index (Phi) is 5.12. The van der Waals surface area contributed by atoms with Crippen LogP contribution in [0.2, 0.25) is 0 Å². The standard InChI is InChI=1S/C17H25N3S/c1-6-7-14-15(11-19-17(3,4)5)21-16(20-14)13-8-9-18-10-12(13)2/h8-10,19H,6-7,11H2,1-5H3. The van der Waals surface area contributed by atoms with Crippen molar-refractivity contribution in [2.45, 2.75) is 59.5 Å². The van der Waals surface area contributed by atoms with Gasteiger partial charge in [0.2, 0.25) is 0 Å². The van der Waals surface area contributed by atoms with Crippen molar-refractivity contribution in [1.29, 1.82) is 0 Å². The van der Waals surface area contributed by atoms with Crippen molar-refractivity contribution in [3.05, 3.63) is 34.6 Å². The molecule has 0 radical (unpaired) electrons. The SMILES string of the molecule is CCCc1nc(-c2ccncc2C)sc1CNC(C)(C)C. The molecule has 0 saturated carbocycles. The Morgan fingerprint density at radius 2 is 2.05 bits per heavy atom. The minimum Gasteiger partial charge on any atom is -0.307 e. The second-order valence-corrected chi connectivity index (χ2v) is 7.52. The highest BCUT2D eigenvalue weighted by Gasteiger charge is 2.16. The highest BCUT2D eigenvalue weighted by atomic mass is 32.1. The molecule has 0 amide bonds. The summed E-state index contributed by atoms with van der Waals surface area (Å²) >= 11 is 1.81. The fourth-order valence-electron chi connectivity index (χ4n) is 2.13. The van der Waals surface area contributed by atoms with Crippen molar-refractivity contribution < 1.29 is 0 Å². The van der Waals surface area contributed by atoms with Gasteiger partial charge in [0.05, 0.1) is 5.69 Å². The summed E-state index contributed by atoms with van der Waals surface area (Å²) in [5.74, 6) is 0. The van der Waals surface area contributed by atoms with Crippen LogP contribution < -0.4 is 5.32 Å². The maximum absolute atomic E-state index is 4.88. The Morgan fingerprint density at radius 1 is 1.29 bits per heavy atom. The molecule has 0 bridgehead atoms. The van der Waals surface area contributed by atoms with Crippen LogP contribution >= 0.6 is 11.3 Å². The molecule has 0 saturated heterocycles. The molecule has 2 aromatic rings. The average molecular weight is 303 g/mol. The number of nitrogens with one attached hydrogen (secondary N) is 1. The van der Waals surface area contributed by atoms with Crippen LogP contribution in [-0.4, -0.2) is 15.5 Å². The zero-order valence-electron chi connectivity index (χ0n) is 13.7. The van der Waals surface area contributed by atoms with E-state index < -0.39 is 0 Å². The van der Waals surface area contributed by atoms with Crippen LogP contribution in [0.3, 0.4) is 0 Å². The molecule has 21 heavy (non-hydrogen) atoms. The van der Waals surface area contributed by atoms with E-state index in [1.54, 1.807) is 11.3 Å². The summed E-state index contributed by atoms with van der Waals surface area (Å²) in [4.78, 5) is 10.4. The summed E-state index contributed by atoms with van der Waals surface area (Å²) in [7, 11) is 0. The number of aromatic nitrogens is 2. The third-order valence-corrected chi connectivity index (χ3v) is 4.43. The first-order valence-electron chi connectivity index (χ1n) is 7.55. The third kappa shape index (κ3) is 4.35. The molecule has 0 atom stereocenters. The molecule has 0 fully saturated rings. The highest BCUT2D eigenvalue weighted by Crippen LogP contribution is 2.30. The Labute approximate surface area is 131 Å². The van der Waals surface area contributed by atoms with Gasteiger partial charge in [-0.15, -0.1) is 11.3 Å². The number of nitrogens with zero attached hydrogens (tertiary/aromatic N) is 2. The first kappa shape index (κ1) is 16.1. The summed E-state index contributed by atoms with van der Waals surface area (Å²) in [5, 5.41) is 4.69. The molecule has 0 aliphatic rings. The van der Waals surface area contributed by atoms with Crippen LogP contribution in [0.1, 0.15) is 50.3 Å². The second kappa shape index (κ2) is 6.67. The van der Waals surface area contributed by atoms with Gasteiger partial charge in [0, 0.05) is 34.9 Å². The van der Waals surface area contributed by atoms with Gasteiger partial charge in [-0.1, -0.05) is 13.3 Å². The number of hydrogen-bond donors (Lipinski definition) is 1. The molecule has 0 spiro atoms. The molecule has 3 nitrogen and oxygen atoms in total. The summed E-state index contributed by atoms with van der Waals surface area (Å²) in [6.45, 7) is 11.8. The number of aryl methyl sites for hydroxylation is 2. The molecular weight excluding hydrogens is 278 g/mol. The monoisotopic (exact) mass is 303 g/mol.